The Kier molecular flexibility index (Phi) is 7.55. The Morgan fingerprint density at radius 3 is 2.17 bits per heavy atom. The van der Waals surface area contributed by atoms with Gasteiger partial charge in [-0.3, -0.25) is 10.2 Å². The van der Waals surface area contributed by atoms with Crippen LogP contribution in [0.1, 0.15) is 31.4 Å². The summed E-state index contributed by atoms with van der Waals surface area (Å²) in [4.78, 5) is 15.3. The highest BCUT2D eigenvalue weighted by Gasteiger charge is 2.19. The first-order valence-electron chi connectivity index (χ1n) is 9.26. The quantitative estimate of drug-likeness (QED) is 0.279. The number of hydrogen-bond acceptors (Lipinski definition) is 5. The Hall–Kier alpha value is -3.13. The van der Waals surface area contributed by atoms with Gasteiger partial charge in [-0.2, -0.15) is 5.10 Å². The highest BCUT2D eigenvalue weighted by atomic mass is 32.1. The van der Waals surface area contributed by atoms with Crippen LogP contribution in [0.15, 0.2) is 41.5 Å². The second-order valence-corrected chi connectivity index (χ2v) is 6.65. The molecule has 0 saturated carbocycles. The van der Waals surface area contributed by atoms with Gasteiger partial charge in [-0.15, -0.1) is 0 Å². The van der Waals surface area contributed by atoms with Crippen molar-refractivity contribution in [2.75, 3.05) is 23.9 Å². The van der Waals surface area contributed by atoms with Crippen LogP contribution in [-0.4, -0.2) is 41.5 Å². The zero-order valence-corrected chi connectivity index (χ0v) is 17.8. The smallest absolute Gasteiger partial charge is 0.226 e. The molecule has 8 heteroatoms. The number of nitrogens with zero attached hydrogens (tertiary/aromatic N) is 3. The molecule has 0 aliphatic heterocycles. The van der Waals surface area contributed by atoms with Crippen molar-refractivity contribution in [2.24, 2.45) is 5.10 Å². The number of amides is 1. The first-order chi connectivity index (χ1) is 13.8. The second kappa shape index (κ2) is 9.88. The second-order valence-electron chi connectivity index (χ2n) is 6.42. The van der Waals surface area contributed by atoms with Crippen LogP contribution in [0.4, 0.5) is 11.4 Å². The van der Waals surface area contributed by atoms with Crippen LogP contribution >= 0.6 is 12.2 Å². The van der Waals surface area contributed by atoms with Crippen molar-refractivity contribution >= 4 is 40.8 Å². The van der Waals surface area contributed by atoms with Gasteiger partial charge in [-0.25, -0.2) is 0 Å². The van der Waals surface area contributed by atoms with Gasteiger partial charge in [-0.05, 0) is 42.3 Å². The third kappa shape index (κ3) is 5.03. The maximum Gasteiger partial charge on any atom is 0.226 e. The summed E-state index contributed by atoms with van der Waals surface area (Å²) < 4.78 is 0. The molecule has 0 aromatic heterocycles. The van der Waals surface area contributed by atoms with Crippen molar-refractivity contribution in [1.29, 1.82) is 0 Å². The molecule has 0 heterocycles. The minimum Gasteiger partial charge on any atom is -0.508 e. The average molecular weight is 415 g/mol. The number of anilines is 2. The Labute approximate surface area is 176 Å². The molecule has 2 aromatic rings. The van der Waals surface area contributed by atoms with E-state index in [-0.39, 0.29) is 17.4 Å². The summed E-state index contributed by atoms with van der Waals surface area (Å²) in [6.45, 7) is 3.74. The Balaban J connectivity index is 2.44. The van der Waals surface area contributed by atoms with Gasteiger partial charge in [0.05, 0.1) is 11.1 Å². The predicted molar refractivity (Wildman–Crippen MR) is 121 cm³/mol. The van der Waals surface area contributed by atoms with Crippen molar-refractivity contribution in [3.63, 3.8) is 0 Å². The van der Waals surface area contributed by atoms with Gasteiger partial charge in [0.1, 0.15) is 11.5 Å². The predicted octanol–water partition coefficient (Wildman–Crippen LogP) is 3.38. The number of phenols is 2. The third-order valence-corrected chi connectivity index (χ3v) is 4.77. The summed E-state index contributed by atoms with van der Waals surface area (Å²) in [5.41, 5.74) is 6.62. The number of hydrazone groups is 1. The maximum atomic E-state index is 11.9. The summed E-state index contributed by atoms with van der Waals surface area (Å²) in [5.74, 6) is 0.386. The van der Waals surface area contributed by atoms with Crippen LogP contribution in [-0.2, 0) is 11.2 Å². The van der Waals surface area contributed by atoms with E-state index in [2.05, 4.69) is 10.5 Å². The van der Waals surface area contributed by atoms with Crippen molar-refractivity contribution in [3.8, 4) is 11.5 Å². The molecule has 154 valence electrons. The van der Waals surface area contributed by atoms with Crippen molar-refractivity contribution in [3.05, 3.63) is 47.5 Å². The standard InChI is InChI=1S/C21H26N4O3S/c1-5-14-11-17(19(27)12-18(14)26)21(23-22-13-29)25(4)16-9-7-15(8-10-16)24(3)20(28)6-2/h7-13,26-27H,5-6H2,1-4H3,(H,22,29)/b23-21-. The molecule has 7 nitrogen and oxygen atoms in total. The number of phenolic OH excluding ortho intramolecular Hbond substituents is 2. The van der Waals surface area contributed by atoms with Crippen molar-refractivity contribution in [1.82, 2.24) is 5.43 Å². The van der Waals surface area contributed by atoms with Crippen molar-refractivity contribution in [2.45, 2.75) is 26.7 Å². The summed E-state index contributed by atoms with van der Waals surface area (Å²) in [6.07, 6.45) is 1.03. The van der Waals surface area contributed by atoms with Crippen LogP contribution in [0.2, 0.25) is 0 Å². The van der Waals surface area contributed by atoms with Crippen LogP contribution in [0.5, 0.6) is 11.5 Å². The van der Waals surface area contributed by atoms with E-state index >= 15 is 0 Å². The van der Waals surface area contributed by atoms with Gasteiger partial charge in [0.2, 0.25) is 5.91 Å². The third-order valence-electron chi connectivity index (χ3n) is 4.66. The SMILES string of the molecule is CCC(=O)N(C)c1ccc(N(C)/C(=N\NC=S)c2cc(CC)c(O)cc2O)cc1. The fourth-order valence-corrected chi connectivity index (χ4v) is 2.94. The van der Waals surface area contributed by atoms with E-state index in [1.165, 1.54) is 11.6 Å². The van der Waals surface area contributed by atoms with Gasteiger partial charge < -0.3 is 20.0 Å². The number of benzene rings is 2. The van der Waals surface area contributed by atoms with E-state index in [1.54, 1.807) is 30.0 Å². The molecular weight excluding hydrogens is 388 g/mol. The highest BCUT2D eigenvalue weighted by Crippen LogP contribution is 2.30. The van der Waals surface area contributed by atoms with E-state index in [4.69, 9.17) is 12.2 Å². The van der Waals surface area contributed by atoms with Crippen LogP contribution in [0.25, 0.3) is 0 Å². The molecule has 0 atom stereocenters. The Morgan fingerprint density at radius 1 is 1.07 bits per heavy atom. The molecular formula is C21H26N4O3S. The molecule has 3 N–H and O–H groups in total. The van der Waals surface area contributed by atoms with Gasteiger partial charge in [-0.1, -0.05) is 26.1 Å². The van der Waals surface area contributed by atoms with E-state index in [1.807, 2.05) is 38.1 Å². The lowest BCUT2D eigenvalue weighted by atomic mass is 10.0. The molecule has 2 rings (SSSR count). The van der Waals surface area contributed by atoms with Gasteiger partial charge in [0.15, 0.2) is 5.84 Å². The summed E-state index contributed by atoms with van der Waals surface area (Å²) in [7, 11) is 3.54. The number of nitrogens with one attached hydrogen (secondary N) is 1. The first kappa shape index (κ1) is 22.2. The summed E-state index contributed by atoms with van der Waals surface area (Å²) in [6, 6.07) is 10.4. The van der Waals surface area contributed by atoms with Gasteiger partial charge in [0, 0.05) is 38.0 Å². The van der Waals surface area contributed by atoms with Crippen molar-refractivity contribution < 1.29 is 15.0 Å². The molecule has 0 spiro atoms. The minimum atomic E-state index is -0.0960. The van der Waals surface area contributed by atoms with Crippen LogP contribution < -0.4 is 15.2 Å². The lowest BCUT2D eigenvalue weighted by Gasteiger charge is -2.24. The molecule has 0 unspecified atom stereocenters. The minimum absolute atomic E-state index is 0.0275. The van der Waals surface area contributed by atoms with E-state index in [0.717, 1.165) is 11.4 Å². The van der Waals surface area contributed by atoms with Gasteiger partial charge >= 0.3 is 0 Å². The number of hydrogen-bond donors (Lipinski definition) is 3. The number of aromatic hydroxyl groups is 2. The molecule has 2 aromatic carbocycles. The Morgan fingerprint density at radius 2 is 1.66 bits per heavy atom. The normalized spacial score (nSPS) is 11.1. The van der Waals surface area contributed by atoms with Crippen LogP contribution in [0.3, 0.4) is 0 Å². The lowest BCUT2D eigenvalue weighted by Crippen LogP contribution is -2.30. The number of rotatable bonds is 7. The summed E-state index contributed by atoms with van der Waals surface area (Å²) >= 11 is 4.81. The number of carbonyl (C=O) groups is 1. The molecule has 0 saturated heterocycles. The van der Waals surface area contributed by atoms with Gasteiger partial charge in [0.25, 0.3) is 0 Å². The van der Waals surface area contributed by atoms with E-state index < -0.39 is 0 Å². The zero-order chi connectivity index (χ0) is 21.6. The molecule has 0 aliphatic carbocycles. The lowest BCUT2D eigenvalue weighted by molar-refractivity contribution is -0.118. The maximum absolute atomic E-state index is 11.9. The highest BCUT2D eigenvalue weighted by molar-refractivity contribution is 7.78. The average Bonchev–Trinajstić information content (AvgIpc) is 2.73. The number of amidine groups is 1. The molecule has 0 fully saturated rings. The molecule has 0 bridgehead atoms. The molecule has 29 heavy (non-hydrogen) atoms. The largest absolute Gasteiger partial charge is 0.508 e. The fraction of sp³-hybridized carbons (Fsp3) is 0.286. The fourth-order valence-electron chi connectivity index (χ4n) is 2.89. The Bertz CT molecular complexity index is 913. The molecule has 0 radical (unpaired) electrons. The monoisotopic (exact) mass is 414 g/mol. The zero-order valence-electron chi connectivity index (χ0n) is 17.0. The molecule has 0 aliphatic rings. The van der Waals surface area contributed by atoms with E-state index in [9.17, 15) is 15.0 Å². The van der Waals surface area contributed by atoms with Crippen LogP contribution in [0, 0.1) is 0 Å². The number of carbonyl (C=O) groups excluding carboxylic acids is 1. The number of aryl methyl sites for hydroxylation is 1. The summed E-state index contributed by atoms with van der Waals surface area (Å²) in [5, 5.41) is 24.7. The molecule has 1 amide bonds. The number of thiocarbonyl (C=S) groups is 1. The first-order valence-corrected chi connectivity index (χ1v) is 9.73. The van der Waals surface area contributed by atoms with E-state index in [0.29, 0.717) is 29.8 Å². The topological polar surface area (TPSA) is 88.4 Å².